The Morgan fingerprint density at radius 3 is 2.39 bits per heavy atom. The predicted octanol–water partition coefficient (Wildman–Crippen LogP) is 3.47. The molecule has 3 amide bonds. The van der Waals surface area contributed by atoms with Crippen molar-refractivity contribution in [2.45, 2.75) is 0 Å². The quantitative estimate of drug-likeness (QED) is 0.845. The van der Waals surface area contributed by atoms with Crippen LogP contribution in [0.3, 0.4) is 0 Å². The topological polar surface area (TPSA) is 66.5 Å². The van der Waals surface area contributed by atoms with Crippen LogP contribution in [0.2, 0.25) is 10.0 Å². The summed E-state index contributed by atoms with van der Waals surface area (Å²) in [5.41, 5.74) is 1.17. The maximum atomic E-state index is 12.3. The molecule has 5 nitrogen and oxygen atoms in total. The summed E-state index contributed by atoms with van der Waals surface area (Å²) in [6.07, 6.45) is 0. The van der Waals surface area contributed by atoms with Gasteiger partial charge in [-0.3, -0.25) is 19.3 Å². The van der Waals surface area contributed by atoms with Gasteiger partial charge >= 0.3 is 0 Å². The van der Waals surface area contributed by atoms with Gasteiger partial charge in [0.1, 0.15) is 0 Å². The number of hydrogen-bond donors (Lipinski definition) is 1. The number of amides is 3. The monoisotopic (exact) mass is 348 g/mol. The van der Waals surface area contributed by atoms with E-state index in [4.69, 9.17) is 23.2 Å². The number of anilines is 1. The standard InChI is InChI=1S/C16H10Cl2N2O3/c1-20-15(22)10-4-2-8(6-11(10)16(20)23)14(21)19-13-5-3-9(17)7-12(13)18/h2-7H,1H3,(H,19,21). The van der Waals surface area contributed by atoms with Crippen molar-refractivity contribution in [1.29, 1.82) is 0 Å². The van der Waals surface area contributed by atoms with E-state index < -0.39 is 11.8 Å². The number of carbonyl (C=O) groups is 3. The highest BCUT2D eigenvalue weighted by atomic mass is 35.5. The Balaban J connectivity index is 1.90. The second-order valence-corrected chi connectivity index (χ2v) is 5.85. The molecule has 0 saturated carbocycles. The third kappa shape index (κ3) is 2.69. The average molecular weight is 349 g/mol. The van der Waals surface area contributed by atoms with Crippen LogP contribution in [0.25, 0.3) is 0 Å². The van der Waals surface area contributed by atoms with Gasteiger partial charge in [-0.05, 0) is 36.4 Å². The zero-order valence-electron chi connectivity index (χ0n) is 11.9. The largest absolute Gasteiger partial charge is 0.321 e. The summed E-state index contributed by atoms with van der Waals surface area (Å²) in [6, 6.07) is 9.05. The minimum Gasteiger partial charge on any atom is -0.321 e. The van der Waals surface area contributed by atoms with E-state index in [9.17, 15) is 14.4 Å². The van der Waals surface area contributed by atoms with Gasteiger partial charge in [-0.2, -0.15) is 0 Å². The molecule has 116 valence electrons. The first-order chi connectivity index (χ1) is 10.9. The summed E-state index contributed by atoms with van der Waals surface area (Å²) < 4.78 is 0. The molecule has 0 unspecified atom stereocenters. The number of rotatable bonds is 2. The lowest BCUT2D eigenvalue weighted by Gasteiger charge is -2.08. The van der Waals surface area contributed by atoms with E-state index in [2.05, 4.69) is 5.32 Å². The van der Waals surface area contributed by atoms with Crippen LogP contribution in [0, 0.1) is 0 Å². The van der Waals surface area contributed by atoms with Crippen molar-refractivity contribution < 1.29 is 14.4 Å². The van der Waals surface area contributed by atoms with Crippen LogP contribution < -0.4 is 5.32 Å². The van der Waals surface area contributed by atoms with Gasteiger partial charge in [-0.15, -0.1) is 0 Å². The molecule has 7 heteroatoms. The molecule has 0 atom stereocenters. The van der Waals surface area contributed by atoms with Crippen molar-refractivity contribution in [2.75, 3.05) is 12.4 Å². The van der Waals surface area contributed by atoms with Crippen molar-refractivity contribution in [1.82, 2.24) is 4.90 Å². The summed E-state index contributed by atoms with van der Waals surface area (Å²) in [7, 11) is 1.40. The van der Waals surface area contributed by atoms with Gasteiger partial charge in [0.25, 0.3) is 17.7 Å². The van der Waals surface area contributed by atoms with Gasteiger partial charge in [0, 0.05) is 17.6 Å². The van der Waals surface area contributed by atoms with Gasteiger partial charge < -0.3 is 5.32 Å². The lowest BCUT2D eigenvalue weighted by molar-refractivity contribution is 0.0693. The van der Waals surface area contributed by atoms with Crippen molar-refractivity contribution in [2.24, 2.45) is 0 Å². The predicted molar refractivity (Wildman–Crippen MR) is 87.3 cm³/mol. The average Bonchev–Trinajstić information content (AvgIpc) is 2.74. The fraction of sp³-hybridized carbons (Fsp3) is 0.0625. The molecule has 3 rings (SSSR count). The highest BCUT2D eigenvalue weighted by molar-refractivity contribution is 6.36. The van der Waals surface area contributed by atoms with Crippen molar-refractivity contribution >= 4 is 46.6 Å². The fourth-order valence-electron chi connectivity index (χ4n) is 2.29. The number of nitrogens with one attached hydrogen (secondary N) is 1. The van der Waals surface area contributed by atoms with Crippen molar-refractivity contribution in [3.63, 3.8) is 0 Å². The number of nitrogens with zero attached hydrogens (tertiary/aromatic N) is 1. The van der Waals surface area contributed by atoms with Gasteiger partial charge in [-0.1, -0.05) is 23.2 Å². The maximum Gasteiger partial charge on any atom is 0.261 e. The zero-order valence-corrected chi connectivity index (χ0v) is 13.4. The Hall–Kier alpha value is -2.37. The first kappa shape index (κ1) is 15.5. The number of hydrogen-bond acceptors (Lipinski definition) is 3. The highest BCUT2D eigenvalue weighted by Gasteiger charge is 2.33. The summed E-state index contributed by atoms with van der Waals surface area (Å²) in [5, 5.41) is 3.40. The van der Waals surface area contributed by atoms with Gasteiger partial charge in [0.2, 0.25) is 0 Å². The Bertz CT molecular complexity index is 864. The molecule has 2 aromatic rings. The van der Waals surface area contributed by atoms with E-state index in [-0.39, 0.29) is 17.0 Å². The first-order valence-electron chi connectivity index (χ1n) is 6.61. The second-order valence-electron chi connectivity index (χ2n) is 5.01. The molecule has 1 heterocycles. The maximum absolute atomic E-state index is 12.3. The Morgan fingerprint density at radius 2 is 1.70 bits per heavy atom. The molecule has 0 aliphatic carbocycles. The van der Waals surface area contributed by atoms with Crippen LogP contribution in [0.4, 0.5) is 5.69 Å². The Kier molecular flexibility index (Phi) is 3.83. The smallest absolute Gasteiger partial charge is 0.261 e. The number of carbonyl (C=O) groups excluding carboxylic acids is 3. The number of imide groups is 1. The molecular formula is C16H10Cl2N2O3. The third-order valence-corrected chi connectivity index (χ3v) is 4.08. The van der Waals surface area contributed by atoms with Crippen LogP contribution in [-0.2, 0) is 0 Å². The summed E-state index contributed by atoms with van der Waals surface area (Å²) in [4.78, 5) is 37.1. The van der Waals surface area contributed by atoms with Crippen LogP contribution in [0.1, 0.15) is 31.1 Å². The molecule has 2 aromatic carbocycles. The van der Waals surface area contributed by atoms with E-state index in [1.54, 1.807) is 12.1 Å². The Morgan fingerprint density at radius 1 is 1.00 bits per heavy atom. The van der Waals surface area contributed by atoms with Crippen LogP contribution >= 0.6 is 23.2 Å². The van der Waals surface area contributed by atoms with Gasteiger partial charge in [0.05, 0.1) is 21.8 Å². The molecule has 0 bridgehead atoms. The van der Waals surface area contributed by atoms with Crippen LogP contribution in [0.5, 0.6) is 0 Å². The van der Waals surface area contributed by atoms with E-state index in [1.165, 1.54) is 31.3 Å². The highest BCUT2D eigenvalue weighted by Crippen LogP contribution is 2.27. The van der Waals surface area contributed by atoms with Crippen molar-refractivity contribution in [3.8, 4) is 0 Å². The fourth-order valence-corrected chi connectivity index (χ4v) is 2.74. The zero-order chi connectivity index (χ0) is 16.7. The summed E-state index contributed by atoms with van der Waals surface area (Å²) in [6.45, 7) is 0. The van der Waals surface area contributed by atoms with E-state index in [0.717, 1.165) is 4.90 Å². The second kappa shape index (κ2) is 5.68. The minimum atomic E-state index is -0.438. The molecule has 0 saturated heterocycles. The molecule has 0 aromatic heterocycles. The van der Waals surface area contributed by atoms with E-state index in [0.29, 0.717) is 21.3 Å². The normalized spacial score (nSPS) is 13.3. The molecule has 0 spiro atoms. The molecule has 1 aliphatic rings. The first-order valence-corrected chi connectivity index (χ1v) is 7.37. The summed E-state index contributed by atoms with van der Waals surface area (Å²) in [5.74, 6) is -1.24. The minimum absolute atomic E-state index is 0.215. The number of fused-ring (bicyclic) bond motifs is 1. The number of benzene rings is 2. The lowest BCUT2D eigenvalue weighted by atomic mass is 10.1. The third-order valence-electron chi connectivity index (χ3n) is 3.53. The Labute approximate surface area is 141 Å². The van der Waals surface area contributed by atoms with Crippen LogP contribution in [0.15, 0.2) is 36.4 Å². The molecule has 0 fully saturated rings. The number of halogens is 2. The van der Waals surface area contributed by atoms with Gasteiger partial charge in [0.15, 0.2) is 0 Å². The molecule has 1 N–H and O–H groups in total. The molecular weight excluding hydrogens is 339 g/mol. The van der Waals surface area contributed by atoms with Crippen molar-refractivity contribution in [3.05, 3.63) is 63.1 Å². The lowest BCUT2D eigenvalue weighted by Crippen LogP contribution is -2.24. The molecule has 0 radical (unpaired) electrons. The van der Waals surface area contributed by atoms with E-state index >= 15 is 0 Å². The molecule has 1 aliphatic heterocycles. The SMILES string of the molecule is CN1C(=O)c2ccc(C(=O)Nc3ccc(Cl)cc3Cl)cc2C1=O. The van der Waals surface area contributed by atoms with Crippen LogP contribution in [-0.4, -0.2) is 29.7 Å². The van der Waals surface area contributed by atoms with Gasteiger partial charge in [-0.25, -0.2) is 0 Å². The molecule has 23 heavy (non-hydrogen) atoms. The summed E-state index contributed by atoms with van der Waals surface area (Å²) >= 11 is 11.8. The van der Waals surface area contributed by atoms with E-state index in [1.807, 2.05) is 0 Å².